The van der Waals surface area contributed by atoms with Crippen LogP contribution in [0.2, 0.25) is 0 Å². The van der Waals surface area contributed by atoms with Gasteiger partial charge in [0.1, 0.15) is 11.5 Å². The van der Waals surface area contributed by atoms with Crippen LogP contribution < -0.4 is 14.8 Å². The molecule has 0 heterocycles. The molecule has 0 aliphatic rings. The summed E-state index contributed by atoms with van der Waals surface area (Å²) in [5.41, 5.74) is 1.59. The van der Waals surface area contributed by atoms with Crippen LogP contribution in [0.4, 0.5) is 0 Å². The summed E-state index contributed by atoms with van der Waals surface area (Å²) in [5.74, 6) is 0.821. The first-order valence-electron chi connectivity index (χ1n) is 11.0. The maximum Gasteiger partial charge on any atom is 0.243 e. The predicted octanol–water partition coefficient (Wildman–Crippen LogP) is 4.16. The summed E-state index contributed by atoms with van der Waals surface area (Å²) in [5, 5.41) is 2.89. The van der Waals surface area contributed by atoms with Crippen LogP contribution in [0.1, 0.15) is 31.0 Å². The van der Waals surface area contributed by atoms with Gasteiger partial charge in [0.05, 0.1) is 31.2 Å². The Balaban J connectivity index is 1.83. The van der Waals surface area contributed by atoms with Crippen molar-refractivity contribution < 1.29 is 22.7 Å². The number of rotatable bonds is 11. The summed E-state index contributed by atoms with van der Waals surface area (Å²) in [7, 11) is -2.38. The van der Waals surface area contributed by atoms with Crippen LogP contribution in [0, 0.1) is 0 Å². The van der Waals surface area contributed by atoms with E-state index < -0.39 is 15.9 Å². The molecule has 0 spiro atoms. The number of sulfonamides is 1. The molecule has 0 aliphatic carbocycles. The molecular weight excluding hydrogens is 452 g/mol. The van der Waals surface area contributed by atoms with Gasteiger partial charge in [-0.2, -0.15) is 4.31 Å². The summed E-state index contributed by atoms with van der Waals surface area (Å²) in [6, 6.07) is 22.4. The van der Waals surface area contributed by atoms with Crippen molar-refractivity contribution in [2.75, 3.05) is 20.3 Å². The van der Waals surface area contributed by atoms with E-state index in [1.165, 1.54) is 16.4 Å². The second-order valence-electron chi connectivity index (χ2n) is 7.69. The van der Waals surface area contributed by atoms with Crippen molar-refractivity contribution in [2.45, 2.75) is 31.3 Å². The molecule has 180 valence electrons. The molecule has 1 N–H and O–H groups in total. The number of para-hydroxylation sites is 1. The fourth-order valence-electron chi connectivity index (χ4n) is 3.59. The molecule has 34 heavy (non-hydrogen) atoms. The van der Waals surface area contributed by atoms with E-state index >= 15 is 0 Å². The average molecular weight is 483 g/mol. The van der Waals surface area contributed by atoms with E-state index in [1.54, 1.807) is 19.2 Å². The minimum absolute atomic E-state index is 0.0623. The fraction of sp³-hybridized carbons (Fsp3) is 0.269. The number of ether oxygens (including phenoxy) is 2. The van der Waals surface area contributed by atoms with Gasteiger partial charge in [-0.3, -0.25) is 4.79 Å². The number of methoxy groups -OCH3 is 1. The molecule has 1 unspecified atom stereocenters. The van der Waals surface area contributed by atoms with Gasteiger partial charge in [-0.1, -0.05) is 48.5 Å². The van der Waals surface area contributed by atoms with Gasteiger partial charge in [-0.15, -0.1) is 0 Å². The standard InChI is InChI=1S/C26H30N2O5S/c1-4-33-22-14-16-23(17-15-22)34(30,31)28(18-21-10-6-5-7-11-21)19-26(29)27-20(2)24-12-8-9-13-25(24)32-3/h5-17,20H,4,18-19H2,1-3H3,(H,27,29). The topological polar surface area (TPSA) is 84.9 Å². The predicted molar refractivity (Wildman–Crippen MR) is 131 cm³/mol. The smallest absolute Gasteiger partial charge is 0.243 e. The Morgan fingerprint density at radius 1 is 0.971 bits per heavy atom. The fourth-order valence-corrected chi connectivity index (χ4v) is 4.97. The van der Waals surface area contributed by atoms with E-state index in [0.29, 0.717) is 18.1 Å². The summed E-state index contributed by atoms with van der Waals surface area (Å²) < 4.78 is 38.9. The monoisotopic (exact) mass is 482 g/mol. The number of benzene rings is 3. The molecule has 0 aliphatic heterocycles. The molecule has 0 radical (unpaired) electrons. The third kappa shape index (κ3) is 6.36. The molecule has 3 aromatic rings. The minimum atomic E-state index is -3.95. The van der Waals surface area contributed by atoms with Gasteiger partial charge in [-0.05, 0) is 49.7 Å². The van der Waals surface area contributed by atoms with Gasteiger partial charge in [-0.25, -0.2) is 8.42 Å². The molecule has 1 atom stereocenters. The van der Waals surface area contributed by atoms with Gasteiger partial charge in [0.15, 0.2) is 0 Å². The van der Waals surface area contributed by atoms with Crippen LogP contribution in [0.5, 0.6) is 11.5 Å². The van der Waals surface area contributed by atoms with Crippen LogP contribution in [0.15, 0.2) is 83.8 Å². The van der Waals surface area contributed by atoms with Gasteiger partial charge < -0.3 is 14.8 Å². The molecule has 7 nitrogen and oxygen atoms in total. The zero-order valence-electron chi connectivity index (χ0n) is 19.6. The molecule has 0 bridgehead atoms. The van der Waals surface area contributed by atoms with Crippen molar-refractivity contribution >= 4 is 15.9 Å². The van der Waals surface area contributed by atoms with Gasteiger partial charge in [0.25, 0.3) is 0 Å². The molecule has 3 aromatic carbocycles. The van der Waals surface area contributed by atoms with Gasteiger partial charge in [0, 0.05) is 12.1 Å². The molecule has 0 aromatic heterocycles. The maximum atomic E-state index is 13.5. The van der Waals surface area contributed by atoms with E-state index in [-0.39, 0.29) is 24.0 Å². The van der Waals surface area contributed by atoms with E-state index in [9.17, 15) is 13.2 Å². The highest BCUT2D eigenvalue weighted by molar-refractivity contribution is 7.89. The van der Waals surface area contributed by atoms with Crippen LogP contribution in [0.3, 0.4) is 0 Å². The zero-order valence-corrected chi connectivity index (χ0v) is 20.4. The minimum Gasteiger partial charge on any atom is -0.496 e. The number of hydrogen-bond donors (Lipinski definition) is 1. The third-order valence-corrected chi connectivity index (χ3v) is 7.08. The summed E-state index contributed by atoms with van der Waals surface area (Å²) in [6.45, 7) is 3.91. The van der Waals surface area contributed by atoms with Crippen molar-refractivity contribution in [1.29, 1.82) is 0 Å². The lowest BCUT2D eigenvalue weighted by molar-refractivity contribution is -0.122. The SMILES string of the molecule is CCOc1ccc(S(=O)(=O)N(CC(=O)NC(C)c2ccccc2OC)Cc2ccccc2)cc1. The van der Waals surface area contributed by atoms with Crippen molar-refractivity contribution in [1.82, 2.24) is 9.62 Å². The van der Waals surface area contributed by atoms with Crippen LogP contribution in [0.25, 0.3) is 0 Å². The molecule has 3 rings (SSSR count). The summed E-state index contributed by atoms with van der Waals surface area (Å²) >= 11 is 0. The Kier molecular flexibility index (Phi) is 8.67. The normalized spacial score (nSPS) is 12.2. The van der Waals surface area contributed by atoms with E-state index in [1.807, 2.05) is 68.4 Å². The number of nitrogens with one attached hydrogen (secondary N) is 1. The van der Waals surface area contributed by atoms with E-state index in [2.05, 4.69) is 5.32 Å². The Morgan fingerprint density at radius 3 is 2.26 bits per heavy atom. The lowest BCUT2D eigenvalue weighted by Gasteiger charge is -2.24. The highest BCUT2D eigenvalue weighted by Gasteiger charge is 2.28. The van der Waals surface area contributed by atoms with Gasteiger partial charge >= 0.3 is 0 Å². The number of nitrogens with zero attached hydrogens (tertiary/aromatic N) is 1. The number of amides is 1. The lowest BCUT2D eigenvalue weighted by Crippen LogP contribution is -2.41. The second-order valence-corrected chi connectivity index (χ2v) is 9.63. The zero-order chi connectivity index (χ0) is 24.6. The van der Waals surface area contributed by atoms with Crippen molar-refractivity contribution in [3.8, 4) is 11.5 Å². The quantitative estimate of drug-likeness (QED) is 0.444. The highest BCUT2D eigenvalue weighted by atomic mass is 32.2. The molecule has 0 saturated heterocycles. The van der Waals surface area contributed by atoms with Crippen molar-refractivity contribution in [2.24, 2.45) is 0 Å². The van der Waals surface area contributed by atoms with Crippen LogP contribution in [-0.4, -0.2) is 38.9 Å². The highest BCUT2D eigenvalue weighted by Crippen LogP contribution is 2.25. The Morgan fingerprint density at radius 2 is 1.62 bits per heavy atom. The first kappa shape index (κ1) is 25.3. The maximum absolute atomic E-state index is 13.5. The van der Waals surface area contributed by atoms with E-state index in [4.69, 9.17) is 9.47 Å². The summed E-state index contributed by atoms with van der Waals surface area (Å²) in [4.78, 5) is 13.1. The largest absolute Gasteiger partial charge is 0.496 e. The number of carbonyl (C=O) groups excluding carboxylic acids is 1. The third-order valence-electron chi connectivity index (χ3n) is 5.28. The molecular formula is C26H30N2O5S. The Labute approximate surface area is 201 Å². The summed E-state index contributed by atoms with van der Waals surface area (Å²) in [6.07, 6.45) is 0. The molecule has 1 amide bonds. The second kappa shape index (κ2) is 11.7. The Hall–Kier alpha value is -3.36. The van der Waals surface area contributed by atoms with Gasteiger partial charge in [0.2, 0.25) is 15.9 Å². The molecule has 0 fully saturated rings. The van der Waals surface area contributed by atoms with Crippen molar-refractivity contribution in [3.63, 3.8) is 0 Å². The van der Waals surface area contributed by atoms with Crippen LogP contribution >= 0.6 is 0 Å². The first-order valence-corrected chi connectivity index (χ1v) is 12.5. The molecule has 0 saturated carbocycles. The number of carbonyl (C=O) groups is 1. The Bertz CT molecular complexity index is 1180. The average Bonchev–Trinajstić information content (AvgIpc) is 2.84. The lowest BCUT2D eigenvalue weighted by atomic mass is 10.1. The molecule has 8 heteroatoms. The van der Waals surface area contributed by atoms with E-state index in [0.717, 1.165) is 11.1 Å². The van der Waals surface area contributed by atoms with Crippen molar-refractivity contribution in [3.05, 3.63) is 90.0 Å². The first-order chi connectivity index (χ1) is 16.3. The number of hydrogen-bond acceptors (Lipinski definition) is 5. The van der Waals surface area contributed by atoms with Crippen LogP contribution in [-0.2, 0) is 21.4 Å².